The molecule has 0 bridgehead atoms. The molecule has 0 amide bonds. The monoisotopic (exact) mass is 313 g/mol. The summed E-state index contributed by atoms with van der Waals surface area (Å²) >= 11 is 0. The highest BCUT2D eigenvalue weighted by Crippen LogP contribution is 2.33. The molecule has 22 heavy (non-hydrogen) atoms. The van der Waals surface area contributed by atoms with Crippen LogP contribution in [0.15, 0.2) is 28.7 Å². The van der Waals surface area contributed by atoms with Crippen LogP contribution in [0, 0.1) is 0 Å². The van der Waals surface area contributed by atoms with E-state index in [9.17, 15) is 13.2 Å². The Labute approximate surface area is 126 Å². The quantitative estimate of drug-likeness (QED) is 0.843. The number of alkyl halides is 3. The second kappa shape index (κ2) is 5.98. The SMILES string of the molecule is FC(F)(F)Oc1ccc(Cc2nnc(C3CCCC3)o2)cc1.[H+]. The molecule has 0 N–H and O–H groups in total. The number of hydrogen-bond donors (Lipinski definition) is 0. The number of aromatic nitrogens is 2. The van der Waals surface area contributed by atoms with Gasteiger partial charge in [-0.15, -0.1) is 23.4 Å². The maximum Gasteiger partial charge on any atom is 1.00 e. The van der Waals surface area contributed by atoms with Crippen LogP contribution in [0.3, 0.4) is 0 Å². The molecule has 0 spiro atoms. The predicted molar refractivity (Wildman–Crippen MR) is 72.6 cm³/mol. The van der Waals surface area contributed by atoms with Gasteiger partial charge in [0.25, 0.3) is 0 Å². The van der Waals surface area contributed by atoms with Gasteiger partial charge in [-0.3, -0.25) is 0 Å². The molecular formula is C15H16F3N2O2+. The van der Waals surface area contributed by atoms with Gasteiger partial charge in [0.05, 0.1) is 6.42 Å². The van der Waals surface area contributed by atoms with E-state index in [0.29, 0.717) is 24.1 Å². The van der Waals surface area contributed by atoms with Gasteiger partial charge in [-0.25, -0.2) is 0 Å². The van der Waals surface area contributed by atoms with Crippen molar-refractivity contribution in [3.05, 3.63) is 41.6 Å². The molecule has 0 unspecified atom stereocenters. The molecule has 1 heterocycles. The summed E-state index contributed by atoms with van der Waals surface area (Å²) in [6, 6.07) is 5.66. The van der Waals surface area contributed by atoms with Crippen LogP contribution in [0.1, 0.15) is 50.4 Å². The fraction of sp³-hybridized carbons (Fsp3) is 0.467. The molecule has 1 aliphatic carbocycles. The van der Waals surface area contributed by atoms with Crippen molar-refractivity contribution in [2.45, 2.75) is 44.4 Å². The zero-order valence-electron chi connectivity index (χ0n) is 12.8. The van der Waals surface area contributed by atoms with Gasteiger partial charge in [-0.2, -0.15) is 0 Å². The fourth-order valence-corrected chi connectivity index (χ4v) is 2.66. The Morgan fingerprint density at radius 2 is 1.82 bits per heavy atom. The lowest BCUT2D eigenvalue weighted by Gasteiger charge is -2.08. The highest BCUT2D eigenvalue weighted by atomic mass is 19.4. The Bertz CT molecular complexity index is 622. The Balaban J connectivity index is 0.00000192. The van der Waals surface area contributed by atoms with E-state index in [1.807, 2.05) is 0 Å². The van der Waals surface area contributed by atoms with Crippen LogP contribution in [0.2, 0.25) is 0 Å². The molecule has 3 rings (SSSR count). The number of hydrogen-bond acceptors (Lipinski definition) is 4. The number of benzene rings is 1. The average Bonchev–Trinajstić information content (AvgIpc) is 3.10. The summed E-state index contributed by atoms with van der Waals surface area (Å²) in [7, 11) is 0. The topological polar surface area (TPSA) is 48.2 Å². The molecule has 1 aromatic carbocycles. The summed E-state index contributed by atoms with van der Waals surface area (Å²) in [5.41, 5.74) is 0.788. The highest BCUT2D eigenvalue weighted by Gasteiger charge is 2.31. The number of halogens is 3. The first kappa shape index (κ1) is 14.9. The van der Waals surface area contributed by atoms with Gasteiger partial charge < -0.3 is 9.15 Å². The van der Waals surface area contributed by atoms with E-state index in [2.05, 4.69) is 14.9 Å². The van der Waals surface area contributed by atoms with E-state index < -0.39 is 6.36 Å². The van der Waals surface area contributed by atoms with E-state index in [4.69, 9.17) is 4.42 Å². The third-order valence-electron chi connectivity index (χ3n) is 3.70. The van der Waals surface area contributed by atoms with Crippen LogP contribution in [0.25, 0.3) is 0 Å². The van der Waals surface area contributed by atoms with E-state index >= 15 is 0 Å². The summed E-state index contributed by atoms with van der Waals surface area (Å²) in [6.45, 7) is 0. The first-order valence-corrected chi connectivity index (χ1v) is 7.16. The molecule has 0 aliphatic heterocycles. The second-order valence-electron chi connectivity index (χ2n) is 5.38. The third-order valence-corrected chi connectivity index (χ3v) is 3.70. The minimum Gasteiger partial charge on any atom is -0.425 e. The van der Waals surface area contributed by atoms with Crippen molar-refractivity contribution < 1.29 is 23.8 Å². The minimum absolute atomic E-state index is 0. The summed E-state index contributed by atoms with van der Waals surface area (Å²) in [5, 5.41) is 8.08. The van der Waals surface area contributed by atoms with E-state index in [-0.39, 0.29) is 7.18 Å². The Morgan fingerprint density at radius 3 is 2.45 bits per heavy atom. The molecule has 1 fully saturated rings. The van der Waals surface area contributed by atoms with Crippen LogP contribution < -0.4 is 4.74 Å². The van der Waals surface area contributed by atoms with Crippen LogP contribution in [-0.2, 0) is 6.42 Å². The van der Waals surface area contributed by atoms with Crippen molar-refractivity contribution in [3.63, 3.8) is 0 Å². The van der Waals surface area contributed by atoms with Crippen molar-refractivity contribution in [1.29, 1.82) is 0 Å². The van der Waals surface area contributed by atoms with Crippen LogP contribution in [-0.4, -0.2) is 16.6 Å². The molecule has 7 heteroatoms. The molecule has 2 aromatic rings. The maximum atomic E-state index is 12.1. The lowest BCUT2D eigenvalue weighted by molar-refractivity contribution is -0.274. The molecule has 0 radical (unpaired) electrons. The minimum atomic E-state index is -4.68. The lowest BCUT2D eigenvalue weighted by Crippen LogP contribution is -2.17. The Morgan fingerprint density at radius 1 is 1.14 bits per heavy atom. The largest absolute Gasteiger partial charge is 1.00 e. The number of rotatable bonds is 4. The van der Waals surface area contributed by atoms with Gasteiger partial charge in [0.2, 0.25) is 11.8 Å². The van der Waals surface area contributed by atoms with Gasteiger partial charge in [-0.05, 0) is 30.5 Å². The standard InChI is InChI=1S/C15H15F3N2O2/c16-15(17,18)22-12-7-5-10(6-8-12)9-13-19-20-14(21-13)11-3-1-2-4-11/h5-8,11H,1-4,9H2/p+1. The van der Waals surface area contributed by atoms with Gasteiger partial charge >= 0.3 is 7.79 Å². The van der Waals surface area contributed by atoms with Crippen molar-refractivity contribution in [1.82, 2.24) is 10.2 Å². The zero-order chi connectivity index (χ0) is 15.6. The summed E-state index contributed by atoms with van der Waals surface area (Å²) in [6.07, 6.45) is 0.235. The average molecular weight is 313 g/mol. The van der Waals surface area contributed by atoms with Gasteiger partial charge in [0.1, 0.15) is 5.75 Å². The molecule has 0 atom stereocenters. The summed E-state index contributed by atoms with van der Waals surface area (Å²) < 4.78 is 45.7. The van der Waals surface area contributed by atoms with Crippen molar-refractivity contribution >= 4 is 0 Å². The maximum absolute atomic E-state index is 12.1. The number of ether oxygens (including phenoxy) is 1. The Hall–Kier alpha value is -2.05. The van der Waals surface area contributed by atoms with Gasteiger partial charge in [-0.1, -0.05) is 25.0 Å². The van der Waals surface area contributed by atoms with Crippen molar-refractivity contribution in [2.24, 2.45) is 0 Å². The molecule has 1 aliphatic rings. The lowest BCUT2D eigenvalue weighted by atomic mass is 10.1. The van der Waals surface area contributed by atoms with Crippen LogP contribution in [0.4, 0.5) is 13.2 Å². The second-order valence-corrected chi connectivity index (χ2v) is 5.38. The van der Waals surface area contributed by atoms with Crippen molar-refractivity contribution in [2.75, 3.05) is 0 Å². The molecule has 1 aromatic heterocycles. The summed E-state index contributed by atoms with van der Waals surface area (Å²) in [4.78, 5) is 0. The van der Waals surface area contributed by atoms with Gasteiger partial charge in [0.15, 0.2) is 0 Å². The molecular weight excluding hydrogens is 297 g/mol. The normalized spacial score (nSPS) is 16.1. The first-order valence-electron chi connectivity index (χ1n) is 7.16. The zero-order valence-corrected chi connectivity index (χ0v) is 11.8. The van der Waals surface area contributed by atoms with E-state index in [1.54, 1.807) is 12.1 Å². The number of nitrogens with zero attached hydrogens (tertiary/aromatic N) is 2. The first-order chi connectivity index (χ1) is 10.5. The van der Waals surface area contributed by atoms with Crippen LogP contribution in [0.5, 0.6) is 5.75 Å². The Kier molecular flexibility index (Phi) is 4.04. The predicted octanol–water partition coefficient (Wildman–Crippen LogP) is 4.33. The summed E-state index contributed by atoms with van der Waals surface area (Å²) in [5.74, 6) is 1.26. The molecule has 4 nitrogen and oxygen atoms in total. The smallest absolute Gasteiger partial charge is 0.425 e. The third kappa shape index (κ3) is 3.78. The molecule has 0 saturated heterocycles. The molecule has 1 saturated carbocycles. The molecule has 118 valence electrons. The van der Waals surface area contributed by atoms with Gasteiger partial charge in [0, 0.05) is 5.92 Å². The van der Waals surface area contributed by atoms with E-state index in [1.165, 1.54) is 25.0 Å². The highest BCUT2D eigenvalue weighted by molar-refractivity contribution is 5.28. The van der Waals surface area contributed by atoms with E-state index in [0.717, 1.165) is 18.4 Å². The van der Waals surface area contributed by atoms with Crippen molar-refractivity contribution in [3.8, 4) is 5.75 Å². The fourth-order valence-electron chi connectivity index (χ4n) is 2.66. The van der Waals surface area contributed by atoms with Crippen LogP contribution >= 0.6 is 0 Å².